The molecule has 4 fully saturated rings. The van der Waals surface area contributed by atoms with Crippen molar-refractivity contribution < 1.29 is 19.2 Å². The molecule has 6 nitrogen and oxygen atoms in total. The Hall–Kier alpha value is -2.21. The van der Waals surface area contributed by atoms with Gasteiger partial charge in [-0.2, -0.15) is 0 Å². The summed E-state index contributed by atoms with van der Waals surface area (Å²) in [6.07, 6.45) is 5.66. The van der Waals surface area contributed by atoms with E-state index in [1.807, 2.05) is 0 Å². The van der Waals surface area contributed by atoms with Crippen LogP contribution < -0.4 is 9.80 Å². The molecule has 2 aliphatic carbocycles. The zero-order valence-electron chi connectivity index (χ0n) is 16.1. The van der Waals surface area contributed by atoms with Gasteiger partial charge >= 0.3 is 0 Å². The second kappa shape index (κ2) is 6.94. The Morgan fingerprint density at radius 3 is 1.79 bits per heavy atom. The number of fused-ring (bicyclic) bond motifs is 2. The molecule has 0 radical (unpaired) electrons. The van der Waals surface area contributed by atoms with E-state index in [0.717, 1.165) is 38.5 Å². The third-order valence-corrected chi connectivity index (χ3v) is 7.54. The van der Waals surface area contributed by atoms with Crippen LogP contribution in [0.15, 0.2) is 24.3 Å². The van der Waals surface area contributed by atoms with Crippen LogP contribution in [0.2, 0.25) is 0 Å². The van der Waals surface area contributed by atoms with Gasteiger partial charge in [-0.25, -0.2) is 9.80 Å². The molecule has 4 amide bonds. The number of hydrogen-bond acceptors (Lipinski definition) is 4. The van der Waals surface area contributed by atoms with Gasteiger partial charge in [0.25, 0.3) is 0 Å². The molecule has 152 valence electrons. The molecular formula is C22H23ClN2O4. The molecule has 0 bridgehead atoms. The van der Waals surface area contributed by atoms with E-state index in [0.29, 0.717) is 17.8 Å². The fourth-order valence-electron chi connectivity index (χ4n) is 5.61. The van der Waals surface area contributed by atoms with Crippen LogP contribution in [0, 0.1) is 23.7 Å². The summed E-state index contributed by atoms with van der Waals surface area (Å²) in [6.45, 7) is 0. The zero-order valence-corrected chi connectivity index (χ0v) is 16.8. The van der Waals surface area contributed by atoms with E-state index < -0.39 is 5.92 Å². The van der Waals surface area contributed by atoms with Gasteiger partial charge in [0.2, 0.25) is 23.6 Å². The first kappa shape index (κ1) is 18.8. The van der Waals surface area contributed by atoms with Crippen molar-refractivity contribution >= 4 is 46.6 Å². The first-order valence-electron chi connectivity index (χ1n) is 10.5. The van der Waals surface area contributed by atoms with Crippen molar-refractivity contribution in [1.82, 2.24) is 0 Å². The Morgan fingerprint density at radius 1 is 0.690 bits per heavy atom. The lowest BCUT2D eigenvalue weighted by Crippen LogP contribution is -2.34. The number of halogens is 1. The van der Waals surface area contributed by atoms with Crippen LogP contribution in [-0.4, -0.2) is 29.0 Å². The molecule has 1 aromatic rings. The molecular weight excluding hydrogens is 392 g/mol. The lowest BCUT2D eigenvalue weighted by molar-refractivity contribution is -0.124. The number of hydrogen-bond donors (Lipinski definition) is 0. The average Bonchev–Trinajstić information content (AvgIpc) is 3.14. The summed E-state index contributed by atoms with van der Waals surface area (Å²) in [5.74, 6) is -2.17. The van der Waals surface area contributed by atoms with Crippen LogP contribution in [0.5, 0.6) is 0 Å². The number of carbonyl (C=O) groups excluding carboxylic acids is 4. The third-order valence-electron chi connectivity index (χ3n) is 7.05. The molecule has 2 aliphatic heterocycles. The number of nitrogens with zero attached hydrogens (tertiary/aromatic N) is 2. The van der Waals surface area contributed by atoms with Crippen molar-refractivity contribution in [2.75, 3.05) is 9.80 Å². The van der Waals surface area contributed by atoms with Gasteiger partial charge in [0.05, 0.1) is 35.0 Å². The number of imide groups is 2. The smallest absolute Gasteiger partial charge is 0.239 e. The largest absolute Gasteiger partial charge is 0.274 e. The maximum atomic E-state index is 13.0. The van der Waals surface area contributed by atoms with Crippen molar-refractivity contribution in [3.63, 3.8) is 0 Å². The molecule has 5 atom stereocenters. The third kappa shape index (κ3) is 2.75. The maximum absolute atomic E-state index is 13.0. The molecule has 7 heteroatoms. The molecule has 29 heavy (non-hydrogen) atoms. The van der Waals surface area contributed by atoms with Crippen LogP contribution in [-0.2, 0) is 19.2 Å². The fraction of sp³-hybridized carbons (Fsp3) is 0.545. The van der Waals surface area contributed by atoms with Gasteiger partial charge in [-0.1, -0.05) is 25.3 Å². The Bertz CT molecular complexity index is 892. The zero-order chi connectivity index (χ0) is 20.3. The Kier molecular flexibility index (Phi) is 4.50. The van der Waals surface area contributed by atoms with Crippen molar-refractivity contribution in [3.8, 4) is 0 Å². The van der Waals surface area contributed by atoms with Gasteiger partial charge in [-0.05, 0) is 43.9 Å². The average molecular weight is 415 g/mol. The summed E-state index contributed by atoms with van der Waals surface area (Å²) in [6, 6.07) is 6.68. The van der Waals surface area contributed by atoms with Crippen LogP contribution in [0.4, 0.5) is 11.4 Å². The van der Waals surface area contributed by atoms with Gasteiger partial charge in [0.1, 0.15) is 0 Å². The fourth-order valence-corrected chi connectivity index (χ4v) is 6.05. The van der Waals surface area contributed by atoms with E-state index in [4.69, 9.17) is 11.6 Å². The summed E-state index contributed by atoms with van der Waals surface area (Å²) in [7, 11) is 0. The van der Waals surface area contributed by atoms with E-state index in [1.165, 1.54) is 9.80 Å². The van der Waals surface area contributed by atoms with Crippen LogP contribution in [0.1, 0.15) is 44.9 Å². The molecule has 1 aromatic carbocycles. The monoisotopic (exact) mass is 414 g/mol. The van der Waals surface area contributed by atoms with Crippen molar-refractivity contribution in [3.05, 3.63) is 24.3 Å². The van der Waals surface area contributed by atoms with Gasteiger partial charge < -0.3 is 0 Å². The summed E-state index contributed by atoms with van der Waals surface area (Å²) < 4.78 is 0. The molecule has 2 heterocycles. The van der Waals surface area contributed by atoms with Gasteiger partial charge in [0.15, 0.2) is 0 Å². The maximum Gasteiger partial charge on any atom is 0.239 e. The number of amides is 4. The molecule has 2 saturated carbocycles. The predicted molar refractivity (Wildman–Crippen MR) is 107 cm³/mol. The highest BCUT2D eigenvalue weighted by atomic mass is 35.5. The molecule has 5 unspecified atom stereocenters. The first-order chi connectivity index (χ1) is 14.0. The van der Waals surface area contributed by atoms with Crippen LogP contribution in [0.3, 0.4) is 0 Å². The van der Waals surface area contributed by atoms with E-state index in [9.17, 15) is 19.2 Å². The van der Waals surface area contributed by atoms with Crippen LogP contribution in [0.25, 0.3) is 0 Å². The lowest BCUT2D eigenvalue weighted by Gasteiger charge is -2.25. The van der Waals surface area contributed by atoms with Crippen molar-refractivity contribution in [2.45, 2.75) is 50.3 Å². The Morgan fingerprint density at radius 2 is 1.21 bits per heavy atom. The van der Waals surface area contributed by atoms with E-state index in [-0.39, 0.29) is 46.8 Å². The highest BCUT2D eigenvalue weighted by Gasteiger charge is 2.53. The predicted octanol–water partition coefficient (Wildman–Crippen LogP) is 3.26. The molecule has 5 rings (SSSR count). The van der Waals surface area contributed by atoms with E-state index in [2.05, 4.69) is 0 Å². The normalized spacial score (nSPS) is 34.6. The van der Waals surface area contributed by atoms with Gasteiger partial charge in [-0.15, -0.1) is 11.6 Å². The van der Waals surface area contributed by atoms with Crippen LogP contribution >= 0.6 is 11.6 Å². The highest BCUT2D eigenvalue weighted by molar-refractivity contribution is 6.28. The quantitative estimate of drug-likeness (QED) is 0.550. The highest BCUT2D eigenvalue weighted by Crippen LogP contribution is 2.44. The lowest BCUT2D eigenvalue weighted by atomic mass is 9.81. The molecule has 0 spiro atoms. The first-order valence-corrected chi connectivity index (χ1v) is 10.9. The summed E-state index contributed by atoms with van der Waals surface area (Å²) >= 11 is 6.38. The number of alkyl halides is 1. The molecule has 4 aliphatic rings. The SMILES string of the molecule is O=C1C2CCCCC2C(=O)N1c1cccc(N2C(=O)C3CCCC(Cl)C3C2=O)c1. The minimum Gasteiger partial charge on any atom is -0.274 e. The Balaban J connectivity index is 1.48. The molecule has 2 saturated heterocycles. The summed E-state index contributed by atoms with van der Waals surface area (Å²) in [5, 5.41) is -0.330. The van der Waals surface area contributed by atoms with Gasteiger partial charge in [-0.3, -0.25) is 19.2 Å². The minimum atomic E-state index is -0.487. The van der Waals surface area contributed by atoms with Crippen molar-refractivity contribution in [2.24, 2.45) is 23.7 Å². The summed E-state index contributed by atoms with van der Waals surface area (Å²) in [5.41, 5.74) is 0.844. The molecule has 0 N–H and O–H groups in total. The Labute approximate surface area is 174 Å². The topological polar surface area (TPSA) is 74.8 Å². The number of rotatable bonds is 2. The molecule has 0 aromatic heterocycles. The van der Waals surface area contributed by atoms with E-state index >= 15 is 0 Å². The van der Waals surface area contributed by atoms with E-state index in [1.54, 1.807) is 24.3 Å². The van der Waals surface area contributed by atoms with Crippen molar-refractivity contribution in [1.29, 1.82) is 0 Å². The minimum absolute atomic E-state index is 0.162. The number of anilines is 2. The number of carbonyl (C=O) groups is 4. The van der Waals surface area contributed by atoms with Gasteiger partial charge in [0, 0.05) is 5.38 Å². The standard InChI is InChI=1S/C22H23ClN2O4/c23-17-10-4-9-16-18(17)22(29)25(21(16)28)13-6-3-5-12(11-13)24-19(26)14-7-1-2-8-15(14)20(24)27/h3,5-6,11,14-18H,1-2,4,7-10H2. The summed E-state index contributed by atoms with van der Waals surface area (Å²) in [4.78, 5) is 54.2. The second-order valence-corrected chi connectivity index (χ2v) is 9.18. The second-order valence-electron chi connectivity index (χ2n) is 8.62. The number of benzene rings is 1.